The highest BCUT2D eigenvalue weighted by Gasteiger charge is 2.36. The predicted molar refractivity (Wildman–Crippen MR) is 74.3 cm³/mol. The predicted octanol–water partition coefficient (Wildman–Crippen LogP) is 1.87. The summed E-state index contributed by atoms with van der Waals surface area (Å²) < 4.78 is 1.01. The molecule has 2 aliphatic heterocycles. The van der Waals surface area contributed by atoms with E-state index < -0.39 is 0 Å². The number of hydrogen-bond donors (Lipinski definition) is 2. The topological polar surface area (TPSA) is 58.4 Å². The Balaban J connectivity index is 1.89. The third-order valence-corrected chi connectivity index (χ3v) is 4.25. The lowest BCUT2D eigenvalue weighted by atomic mass is 10.0. The molecule has 2 heterocycles. The molecular weight excluding hydrogens is 294 g/mol. The van der Waals surface area contributed by atoms with E-state index in [1.807, 2.05) is 18.2 Å². The summed E-state index contributed by atoms with van der Waals surface area (Å²) in [6, 6.07) is 6.07. The summed E-state index contributed by atoms with van der Waals surface area (Å²) in [7, 11) is 0. The number of likely N-dealkylation sites (tertiary alicyclic amines) is 1. The zero-order chi connectivity index (χ0) is 12.7. The lowest BCUT2D eigenvalue weighted by molar-refractivity contribution is -0.121. The first-order valence-corrected chi connectivity index (χ1v) is 7.04. The molecule has 2 aliphatic rings. The van der Waals surface area contributed by atoms with E-state index in [9.17, 15) is 4.79 Å². The van der Waals surface area contributed by atoms with E-state index in [-0.39, 0.29) is 18.0 Å². The minimum absolute atomic E-state index is 0.0820. The van der Waals surface area contributed by atoms with Crippen molar-refractivity contribution >= 4 is 27.5 Å². The lowest BCUT2D eigenvalue weighted by Crippen LogP contribution is -2.43. The summed E-state index contributed by atoms with van der Waals surface area (Å²) in [6.45, 7) is 1.79. The van der Waals surface area contributed by atoms with Crippen molar-refractivity contribution in [3.63, 3.8) is 0 Å². The molecule has 5 heteroatoms. The van der Waals surface area contributed by atoms with Gasteiger partial charge in [0, 0.05) is 34.9 Å². The fourth-order valence-corrected chi connectivity index (χ4v) is 3.13. The molecule has 0 aliphatic carbocycles. The van der Waals surface area contributed by atoms with Crippen LogP contribution in [0.25, 0.3) is 0 Å². The van der Waals surface area contributed by atoms with E-state index in [0.717, 1.165) is 41.7 Å². The summed E-state index contributed by atoms with van der Waals surface area (Å²) in [4.78, 5) is 14.4. The van der Waals surface area contributed by atoms with Crippen molar-refractivity contribution in [2.24, 2.45) is 5.73 Å². The van der Waals surface area contributed by atoms with Crippen LogP contribution in [0.5, 0.6) is 0 Å². The second kappa shape index (κ2) is 4.64. The number of fused-ring (bicyclic) bond motifs is 1. The fourth-order valence-electron chi connectivity index (χ4n) is 2.76. The summed E-state index contributed by atoms with van der Waals surface area (Å²) >= 11 is 3.47. The first-order chi connectivity index (χ1) is 8.65. The van der Waals surface area contributed by atoms with Crippen LogP contribution in [0.2, 0.25) is 0 Å². The number of halogens is 1. The molecule has 0 bridgehead atoms. The van der Waals surface area contributed by atoms with Gasteiger partial charge in [-0.05, 0) is 31.0 Å². The van der Waals surface area contributed by atoms with Gasteiger partial charge in [0.25, 0.3) is 0 Å². The van der Waals surface area contributed by atoms with Crippen LogP contribution in [-0.2, 0) is 4.79 Å². The molecule has 0 radical (unpaired) electrons. The number of benzene rings is 1. The Morgan fingerprint density at radius 2 is 2.06 bits per heavy atom. The highest BCUT2D eigenvalue weighted by Crippen LogP contribution is 2.37. The molecule has 3 rings (SSSR count). The van der Waals surface area contributed by atoms with E-state index in [1.54, 1.807) is 0 Å². The van der Waals surface area contributed by atoms with Crippen LogP contribution in [-0.4, -0.2) is 29.9 Å². The minimum Gasteiger partial charge on any atom is -0.328 e. The molecule has 1 unspecified atom stereocenters. The van der Waals surface area contributed by atoms with Crippen LogP contribution in [0.4, 0.5) is 5.69 Å². The van der Waals surface area contributed by atoms with Gasteiger partial charge in [0.05, 0.1) is 0 Å². The van der Waals surface area contributed by atoms with Gasteiger partial charge >= 0.3 is 0 Å². The molecule has 1 aromatic rings. The van der Waals surface area contributed by atoms with Crippen molar-refractivity contribution in [3.8, 4) is 0 Å². The number of anilines is 1. The molecule has 3 N–H and O–H groups in total. The van der Waals surface area contributed by atoms with Crippen molar-refractivity contribution in [3.05, 3.63) is 28.2 Å². The highest BCUT2D eigenvalue weighted by atomic mass is 79.9. The number of hydrogen-bond acceptors (Lipinski definition) is 3. The molecule has 1 fully saturated rings. The average molecular weight is 310 g/mol. The third kappa shape index (κ3) is 2.06. The molecular formula is C13H16BrN3O. The summed E-state index contributed by atoms with van der Waals surface area (Å²) in [5.74, 6) is 0.0820. The van der Waals surface area contributed by atoms with Gasteiger partial charge in [-0.25, -0.2) is 0 Å². The molecule has 1 amide bonds. The van der Waals surface area contributed by atoms with E-state index in [4.69, 9.17) is 5.73 Å². The maximum Gasteiger partial charge on any atom is 0.246 e. The smallest absolute Gasteiger partial charge is 0.246 e. The number of rotatable bonds is 1. The zero-order valence-corrected chi connectivity index (χ0v) is 11.6. The molecule has 1 aromatic carbocycles. The van der Waals surface area contributed by atoms with E-state index in [2.05, 4.69) is 26.1 Å². The fraction of sp³-hybridized carbons (Fsp3) is 0.462. The summed E-state index contributed by atoms with van der Waals surface area (Å²) in [5.41, 5.74) is 7.92. The Morgan fingerprint density at radius 1 is 1.33 bits per heavy atom. The average Bonchev–Trinajstić information content (AvgIpc) is 2.66. The first-order valence-electron chi connectivity index (χ1n) is 6.25. The number of nitrogens with one attached hydrogen (secondary N) is 1. The minimum atomic E-state index is -0.148. The molecule has 0 saturated carbocycles. The second-order valence-electron chi connectivity index (χ2n) is 5.00. The van der Waals surface area contributed by atoms with Crippen molar-refractivity contribution in [2.75, 3.05) is 18.4 Å². The van der Waals surface area contributed by atoms with E-state index in [0.29, 0.717) is 0 Å². The van der Waals surface area contributed by atoms with Crippen LogP contribution in [0.1, 0.15) is 24.4 Å². The van der Waals surface area contributed by atoms with Crippen molar-refractivity contribution in [1.29, 1.82) is 0 Å². The maximum atomic E-state index is 12.1. The van der Waals surface area contributed by atoms with Crippen molar-refractivity contribution in [2.45, 2.75) is 24.9 Å². The van der Waals surface area contributed by atoms with E-state index in [1.165, 1.54) is 0 Å². The molecule has 96 valence electrons. The van der Waals surface area contributed by atoms with Gasteiger partial charge in [0.15, 0.2) is 0 Å². The molecule has 0 aromatic heterocycles. The van der Waals surface area contributed by atoms with Crippen LogP contribution in [0.3, 0.4) is 0 Å². The number of carbonyl (C=O) groups is 1. The number of amides is 1. The van der Waals surface area contributed by atoms with Crippen molar-refractivity contribution < 1.29 is 4.79 Å². The van der Waals surface area contributed by atoms with Gasteiger partial charge in [-0.1, -0.05) is 15.9 Å². The highest BCUT2D eigenvalue weighted by molar-refractivity contribution is 9.10. The van der Waals surface area contributed by atoms with Gasteiger partial charge in [-0.2, -0.15) is 0 Å². The van der Waals surface area contributed by atoms with Crippen LogP contribution in [0, 0.1) is 0 Å². The SMILES string of the molecule is NC1CCN(C2C(=O)Nc3ccc(Br)cc32)CC1. The largest absolute Gasteiger partial charge is 0.328 e. The Kier molecular flexibility index (Phi) is 3.13. The first kappa shape index (κ1) is 12.1. The quantitative estimate of drug-likeness (QED) is 0.832. The van der Waals surface area contributed by atoms with Crippen molar-refractivity contribution in [1.82, 2.24) is 4.90 Å². The van der Waals surface area contributed by atoms with Gasteiger partial charge in [-0.15, -0.1) is 0 Å². The Morgan fingerprint density at radius 3 is 2.78 bits per heavy atom. The number of nitrogens with two attached hydrogens (primary N) is 1. The van der Waals surface area contributed by atoms with Gasteiger partial charge in [0.1, 0.15) is 6.04 Å². The van der Waals surface area contributed by atoms with Crippen LogP contribution < -0.4 is 11.1 Å². The summed E-state index contributed by atoms with van der Waals surface area (Å²) in [5, 5.41) is 2.95. The molecule has 18 heavy (non-hydrogen) atoms. The Labute approximate surface area is 115 Å². The molecule has 1 atom stereocenters. The van der Waals surface area contributed by atoms with E-state index >= 15 is 0 Å². The van der Waals surface area contributed by atoms with Gasteiger partial charge in [0.2, 0.25) is 5.91 Å². The molecule has 1 saturated heterocycles. The van der Waals surface area contributed by atoms with Gasteiger partial charge < -0.3 is 11.1 Å². The zero-order valence-electron chi connectivity index (χ0n) is 10.0. The van der Waals surface area contributed by atoms with Gasteiger partial charge in [-0.3, -0.25) is 9.69 Å². The number of piperidine rings is 1. The molecule has 0 spiro atoms. The Hall–Kier alpha value is -0.910. The van der Waals surface area contributed by atoms with Crippen LogP contribution in [0.15, 0.2) is 22.7 Å². The normalized spacial score (nSPS) is 25.0. The molecule has 4 nitrogen and oxygen atoms in total. The maximum absolute atomic E-state index is 12.1. The standard InChI is InChI=1S/C13H16BrN3O/c14-8-1-2-11-10(7-8)12(13(18)16-11)17-5-3-9(15)4-6-17/h1-2,7,9,12H,3-6,15H2,(H,16,18). The number of nitrogens with zero attached hydrogens (tertiary/aromatic N) is 1. The second-order valence-corrected chi connectivity index (χ2v) is 5.91. The number of carbonyl (C=O) groups excluding carboxylic acids is 1. The third-order valence-electron chi connectivity index (χ3n) is 3.75. The lowest BCUT2D eigenvalue weighted by Gasteiger charge is -2.33. The summed E-state index contributed by atoms with van der Waals surface area (Å²) in [6.07, 6.45) is 1.93. The monoisotopic (exact) mass is 309 g/mol. The Bertz CT molecular complexity index is 483. The van der Waals surface area contributed by atoms with Crippen LogP contribution >= 0.6 is 15.9 Å².